The Kier molecular flexibility index (Phi) is 7.71. The molecule has 0 spiro atoms. The summed E-state index contributed by atoms with van der Waals surface area (Å²) >= 11 is 3.64. The summed E-state index contributed by atoms with van der Waals surface area (Å²) in [5.41, 5.74) is 0.104. The van der Waals surface area contributed by atoms with E-state index in [1.165, 1.54) is 0 Å². The first kappa shape index (κ1) is 18.5. The molecular formula is C16H29BrN2O2. The number of piperazine rings is 1. The smallest absolute Gasteiger partial charge is 0.242 e. The van der Waals surface area contributed by atoms with E-state index in [9.17, 15) is 9.59 Å². The van der Waals surface area contributed by atoms with Gasteiger partial charge in [-0.2, -0.15) is 0 Å². The zero-order chi connectivity index (χ0) is 15.9. The lowest BCUT2D eigenvalue weighted by Crippen LogP contribution is -2.56. The van der Waals surface area contributed by atoms with Crippen molar-refractivity contribution in [3.05, 3.63) is 0 Å². The fraction of sp³-hybridized carbons (Fsp3) is 0.875. The Bertz CT molecular complexity index is 354. The number of amides is 2. The van der Waals surface area contributed by atoms with Crippen molar-refractivity contribution < 1.29 is 9.59 Å². The molecule has 1 aliphatic rings. The third kappa shape index (κ3) is 4.97. The second-order valence-corrected chi connectivity index (χ2v) is 6.76. The predicted octanol–water partition coefficient (Wildman–Crippen LogP) is 3.05. The van der Waals surface area contributed by atoms with Gasteiger partial charge in [-0.1, -0.05) is 49.5 Å². The molecule has 0 bridgehead atoms. The number of halogens is 1. The molecule has 2 amide bonds. The fourth-order valence-electron chi connectivity index (χ4n) is 3.25. The molecule has 1 heterocycles. The van der Waals surface area contributed by atoms with Gasteiger partial charge in [0.15, 0.2) is 0 Å². The molecule has 0 aromatic carbocycles. The fourth-order valence-corrected chi connectivity index (χ4v) is 3.98. The third-order valence-electron chi connectivity index (χ3n) is 4.22. The Morgan fingerprint density at radius 1 is 0.952 bits per heavy atom. The highest BCUT2D eigenvalue weighted by atomic mass is 79.9. The molecule has 21 heavy (non-hydrogen) atoms. The van der Waals surface area contributed by atoms with Gasteiger partial charge in [-0.15, -0.1) is 0 Å². The Balaban J connectivity index is 2.75. The number of carbonyl (C=O) groups excluding carboxylic acids is 2. The highest BCUT2D eigenvalue weighted by molar-refractivity contribution is 9.09. The number of alkyl halides is 1. The highest BCUT2D eigenvalue weighted by Gasteiger charge is 2.36. The number of hydrogen-bond donors (Lipinski definition) is 0. The monoisotopic (exact) mass is 360 g/mol. The number of carbonyl (C=O) groups is 2. The van der Waals surface area contributed by atoms with Gasteiger partial charge in [0.1, 0.15) is 0 Å². The zero-order valence-electron chi connectivity index (χ0n) is 13.7. The van der Waals surface area contributed by atoms with Gasteiger partial charge in [0.05, 0.1) is 13.1 Å². The second kappa shape index (κ2) is 8.76. The lowest BCUT2D eigenvalue weighted by atomic mass is 9.80. The molecule has 0 unspecified atom stereocenters. The molecular weight excluding hydrogens is 332 g/mol. The van der Waals surface area contributed by atoms with Crippen molar-refractivity contribution in [1.82, 2.24) is 9.80 Å². The molecule has 0 N–H and O–H groups in total. The van der Waals surface area contributed by atoms with E-state index >= 15 is 0 Å². The van der Waals surface area contributed by atoms with E-state index in [1.807, 2.05) is 6.92 Å². The highest BCUT2D eigenvalue weighted by Crippen LogP contribution is 2.33. The normalized spacial score (nSPS) is 16.8. The molecule has 0 aromatic heterocycles. The summed E-state index contributed by atoms with van der Waals surface area (Å²) in [6.45, 7) is 8.28. The molecule has 1 fully saturated rings. The molecule has 5 heteroatoms. The SMILES string of the molecule is CCCN1CC(=O)N(CC(CBr)(CCC)CCC)CC1=O. The van der Waals surface area contributed by atoms with Crippen LogP contribution >= 0.6 is 15.9 Å². The first-order chi connectivity index (χ1) is 10.0. The van der Waals surface area contributed by atoms with Gasteiger partial charge in [-0.3, -0.25) is 9.59 Å². The maximum atomic E-state index is 12.3. The standard InChI is InChI=1S/C16H29BrN2O2/c1-4-7-16(12-17,8-5-2)13-19-11-14(20)18(9-6-3)10-15(19)21/h4-13H2,1-3H3. The molecule has 0 saturated carbocycles. The van der Waals surface area contributed by atoms with E-state index in [4.69, 9.17) is 0 Å². The molecule has 4 nitrogen and oxygen atoms in total. The second-order valence-electron chi connectivity index (χ2n) is 6.20. The minimum atomic E-state index is 0.0907. The predicted molar refractivity (Wildman–Crippen MR) is 89.5 cm³/mol. The molecule has 1 saturated heterocycles. The van der Waals surface area contributed by atoms with Crippen molar-refractivity contribution in [3.63, 3.8) is 0 Å². The van der Waals surface area contributed by atoms with Crippen LogP contribution < -0.4 is 0 Å². The maximum Gasteiger partial charge on any atom is 0.242 e. The van der Waals surface area contributed by atoms with E-state index in [1.54, 1.807) is 9.80 Å². The van der Waals surface area contributed by atoms with Gasteiger partial charge in [-0.25, -0.2) is 0 Å². The van der Waals surface area contributed by atoms with Crippen molar-refractivity contribution in [2.75, 3.05) is 31.5 Å². The van der Waals surface area contributed by atoms with E-state index < -0.39 is 0 Å². The summed E-state index contributed by atoms with van der Waals surface area (Å²) in [6, 6.07) is 0. The summed E-state index contributed by atoms with van der Waals surface area (Å²) < 4.78 is 0. The van der Waals surface area contributed by atoms with Gasteiger partial charge >= 0.3 is 0 Å². The average molecular weight is 361 g/mol. The van der Waals surface area contributed by atoms with Crippen molar-refractivity contribution in [1.29, 1.82) is 0 Å². The summed E-state index contributed by atoms with van der Waals surface area (Å²) in [6.07, 6.45) is 5.27. The largest absolute Gasteiger partial charge is 0.332 e. The molecule has 0 atom stereocenters. The molecule has 122 valence electrons. The molecule has 0 aliphatic carbocycles. The van der Waals surface area contributed by atoms with Crippen molar-refractivity contribution in [2.45, 2.75) is 52.9 Å². The van der Waals surface area contributed by atoms with Crippen LogP contribution in [-0.2, 0) is 9.59 Å². The maximum absolute atomic E-state index is 12.3. The summed E-state index contributed by atoms with van der Waals surface area (Å²) in [7, 11) is 0. The Morgan fingerprint density at radius 2 is 1.48 bits per heavy atom. The van der Waals surface area contributed by atoms with E-state index in [2.05, 4.69) is 29.8 Å². The van der Waals surface area contributed by atoms with Crippen LogP contribution in [0.3, 0.4) is 0 Å². The molecule has 0 radical (unpaired) electrons. The third-order valence-corrected chi connectivity index (χ3v) is 5.41. The van der Waals surface area contributed by atoms with Gasteiger partial charge in [0, 0.05) is 18.4 Å². The molecule has 1 rings (SSSR count). The Labute approximate surface area is 137 Å². The topological polar surface area (TPSA) is 40.6 Å². The Morgan fingerprint density at radius 3 is 1.95 bits per heavy atom. The van der Waals surface area contributed by atoms with Crippen LogP contribution in [0, 0.1) is 5.41 Å². The minimum absolute atomic E-state index is 0.0907. The molecule has 1 aliphatic heterocycles. The van der Waals surface area contributed by atoms with Gasteiger partial charge in [-0.05, 0) is 24.7 Å². The number of nitrogens with zero attached hydrogens (tertiary/aromatic N) is 2. The number of rotatable bonds is 9. The van der Waals surface area contributed by atoms with Crippen LogP contribution in [0.5, 0.6) is 0 Å². The lowest BCUT2D eigenvalue weighted by molar-refractivity contribution is -0.151. The van der Waals surface area contributed by atoms with Crippen LogP contribution in [-0.4, -0.2) is 53.1 Å². The van der Waals surface area contributed by atoms with Crippen molar-refractivity contribution in [3.8, 4) is 0 Å². The number of hydrogen-bond acceptors (Lipinski definition) is 2. The first-order valence-corrected chi connectivity index (χ1v) is 9.25. The van der Waals surface area contributed by atoms with Crippen molar-refractivity contribution in [2.24, 2.45) is 5.41 Å². The Hall–Kier alpha value is -0.580. The van der Waals surface area contributed by atoms with E-state index in [-0.39, 0.29) is 30.3 Å². The van der Waals surface area contributed by atoms with Gasteiger partial charge in [0.25, 0.3) is 0 Å². The van der Waals surface area contributed by atoms with Gasteiger partial charge in [0.2, 0.25) is 11.8 Å². The first-order valence-electron chi connectivity index (χ1n) is 8.13. The quantitative estimate of drug-likeness (QED) is 0.593. The van der Waals surface area contributed by atoms with Crippen molar-refractivity contribution >= 4 is 27.7 Å². The van der Waals surface area contributed by atoms with Gasteiger partial charge < -0.3 is 9.80 Å². The average Bonchev–Trinajstić information content (AvgIpc) is 2.45. The van der Waals surface area contributed by atoms with E-state index in [0.717, 1.165) is 37.4 Å². The molecule has 0 aromatic rings. The van der Waals surface area contributed by atoms with Crippen LogP contribution in [0.25, 0.3) is 0 Å². The zero-order valence-corrected chi connectivity index (χ0v) is 15.2. The summed E-state index contributed by atoms with van der Waals surface area (Å²) in [5, 5.41) is 0.887. The lowest BCUT2D eigenvalue weighted by Gasteiger charge is -2.41. The minimum Gasteiger partial charge on any atom is -0.332 e. The van der Waals surface area contributed by atoms with Crippen LogP contribution in [0.15, 0.2) is 0 Å². The summed E-state index contributed by atoms with van der Waals surface area (Å²) in [5.74, 6) is 0.188. The summed E-state index contributed by atoms with van der Waals surface area (Å²) in [4.78, 5) is 28.0. The van der Waals surface area contributed by atoms with Crippen LogP contribution in [0.2, 0.25) is 0 Å². The van der Waals surface area contributed by atoms with Crippen LogP contribution in [0.4, 0.5) is 0 Å². The van der Waals surface area contributed by atoms with E-state index in [0.29, 0.717) is 13.1 Å². The van der Waals surface area contributed by atoms with Crippen LogP contribution in [0.1, 0.15) is 52.9 Å².